The van der Waals surface area contributed by atoms with E-state index in [1.807, 2.05) is 0 Å². The number of hydrogen-bond acceptors (Lipinski definition) is 3. The zero-order valence-electron chi connectivity index (χ0n) is 8.70. The first-order chi connectivity index (χ1) is 7.15. The second kappa shape index (κ2) is 5.80. The Balaban J connectivity index is 2.57. The van der Waals surface area contributed by atoms with Gasteiger partial charge in [-0.2, -0.15) is 0 Å². The van der Waals surface area contributed by atoms with Crippen LogP contribution in [0.2, 0.25) is 0 Å². The Kier molecular flexibility index (Phi) is 4.68. The molecule has 0 aromatic heterocycles. The second-order valence-corrected chi connectivity index (χ2v) is 3.45. The molecule has 1 rings (SSSR count). The first kappa shape index (κ1) is 12.1. The Morgan fingerprint density at radius 2 is 2.20 bits per heavy atom. The standard InChI is InChI=1S/C11H16FNO2/c1-8-6-9(2-3-10(8)12)11(15)7-13-4-5-14/h2-3,6,11,13-15H,4-5,7H2,1H3. The summed E-state index contributed by atoms with van der Waals surface area (Å²) in [5.41, 5.74) is 1.20. The molecule has 0 saturated carbocycles. The number of rotatable bonds is 5. The molecule has 15 heavy (non-hydrogen) atoms. The highest BCUT2D eigenvalue weighted by atomic mass is 19.1. The lowest BCUT2D eigenvalue weighted by atomic mass is 10.1. The summed E-state index contributed by atoms with van der Waals surface area (Å²) in [5, 5.41) is 21.1. The number of hydrogen-bond donors (Lipinski definition) is 3. The van der Waals surface area contributed by atoms with Crippen LogP contribution in [0.1, 0.15) is 17.2 Å². The Labute approximate surface area is 88.6 Å². The minimum atomic E-state index is -0.671. The van der Waals surface area contributed by atoms with Gasteiger partial charge >= 0.3 is 0 Å². The van der Waals surface area contributed by atoms with E-state index in [-0.39, 0.29) is 12.4 Å². The summed E-state index contributed by atoms with van der Waals surface area (Å²) in [7, 11) is 0. The molecular formula is C11H16FNO2. The van der Waals surface area contributed by atoms with E-state index in [1.165, 1.54) is 6.07 Å². The third-order valence-electron chi connectivity index (χ3n) is 2.19. The number of aryl methyl sites for hydroxylation is 1. The van der Waals surface area contributed by atoms with E-state index < -0.39 is 6.10 Å². The summed E-state index contributed by atoms with van der Waals surface area (Å²) in [6.45, 7) is 2.49. The van der Waals surface area contributed by atoms with E-state index >= 15 is 0 Å². The molecule has 0 bridgehead atoms. The minimum Gasteiger partial charge on any atom is -0.395 e. The molecule has 0 aliphatic carbocycles. The van der Waals surface area contributed by atoms with Crippen LogP contribution in [-0.2, 0) is 0 Å². The zero-order valence-corrected chi connectivity index (χ0v) is 8.70. The lowest BCUT2D eigenvalue weighted by Gasteiger charge is -2.12. The Morgan fingerprint density at radius 3 is 2.80 bits per heavy atom. The van der Waals surface area contributed by atoms with E-state index in [0.29, 0.717) is 24.2 Å². The van der Waals surface area contributed by atoms with Crippen molar-refractivity contribution in [1.29, 1.82) is 0 Å². The number of aliphatic hydroxyl groups is 2. The van der Waals surface area contributed by atoms with Gasteiger partial charge in [0.05, 0.1) is 12.7 Å². The zero-order chi connectivity index (χ0) is 11.3. The highest BCUT2D eigenvalue weighted by Crippen LogP contribution is 2.15. The molecule has 0 aliphatic rings. The van der Waals surface area contributed by atoms with Crippen LogP contribution < -0.4 is 5.32 Å². The quantitative estimate of drug-likeness (QED) is 0.633. The van der Waals surface area contributed by atoms with Gasteiger partial charge in [-0.15, -0.1) is 0 Å². The largest absolute Gasteiger partial charge is 0.395 e. The molecular weight excluding hydrogens is 197 g/mol. The van der Waals surface area contributed by atoms with Gasteiger partial charge in [-0.05, 0) is 24.1 Å². The summed E-state index contributed by atoms with van der Waals surface area (Å²) in [4.78, 5) is 0. The molecule has 84 valence electrons. The third kappa shape index (κ3) is 3.58. The van der Waals surface area contributed by atoms with Crippen molar-refractivity contribution in [2.45, 2.75) is 13.0 Å². The first-order valence-corrected chi connectivity index (χ1v) is 4.91. The normalized spacial score (nSPS) is 12.8. The van der Waals surface area contributed by atoms with Crippen LogP contribution in [0.3, 0.4) is 0 Å². The smallest absolute Gasteiger partial charge is 0.126 e. The van der Waals surface area contributed by atoms with Crippen molar-refractivity contribution in [3.8, 4) is 0 Å². The molecule has 0 aliphatic heterocycles. The fraction of sp³-hybridized carbons (Fsp3) is 0.455. The molecule has 0 fully saturated rings. The Bertz CT molecular complexity index is 317. The highest BCUT2D eigenvalue weighted by Gasteiger charge is 2.08. The van der Waals surface area contributed by atoms with Gasteiger partial charge in [0, 0.05) is 13.1 Å². The van der Waals surface area contributed by atoms with E-state index in [4.69, 9.17) is 5.11 Å². The molecule has 0 heterocycles. The van der Waals surface area contributed by atoms with E-state index in [1.54, 1.807) is 19.1 Å². The maximum absolute atomic E-state index is 12.9. The summed E-state index contributed by atoms with van der Waals surface area (Å²) < 4.78 is 12.9. The fourth-order valence-corrected chi connectivity index (χ4v) is 1.31. The average molecular weight is 213 g/mol. The van der Waals surface area contributed by atoms with Crippen LogP contribution >= 0.6 is 0 Å². The number of benzene rings is 1. The fourth-order valence-electron chi connectivity index (χ4n) is 1.31. The van der Waals surface area contributed by atoms with Crippen LogP contribution in [0.4, 0.5) is 4.39 Å². The molecule has 3 N–H and O–H groups in total. The van der Waals surface area contributed by atoms with Crippen LogP contribution in [0, 0.1) is 12.7 Å². The monoisotopic (exact) mass is 213 g/mol. The van der Waals surface area contributed by atoms with Crippen molar-refractivity contribution < 1.29 is 14.6 Å². The number of nitrogens with one attached hydrogen (secondary N) is 1. The van der Waals surface area contributed by atoms with Crippen LogP contribution in [0.25, 0.3) is 0 Å². The van der Waals surface area contributed by atoms with Gasteiger partial charge in [-0.25, -0.2) is 4.39 Å². The van der Waals surface area contributed by atoms with Crippen molar-refractivity contribution >= 4 is 0 Å². The van der Waals surface area contributed by atoms with Gasteiger partial charge in [0.25, 0.3) is 0 Å². The predicted molar refractivity (Wildman–Crippen MR) is 56.1 cm³/mol. The van der Waals surface area contributed by atoms with Crippen LogP contribution in [-0.4, -0.2) is 29.9 Å². The summed E-state index contributed by atoms with van der Waals surface area (Å²) in [6.07, 6.45) is -0.671. The minimum absolute atomic E-state index is 0.0369. The SMILES string of the molecule is Cc1cc(C(O)CNCCO)ccc1F. The highest BCUT2D eigenvalue weighted by molar-refractivity contribution is 5.25. The first-order valence-electron chi connectivity index (χ1n) is 4.91. The van der Waals surface area contributed by atoms with Crippen molar-refractivity contribution in [2.24, 2.45) is 0 Å². The van der Waals surface area contributed by atoms with Crippen molar-refractivity contribution in [3.63, 3.8) is 0 Å². The van der Waals surface area contributed by atoms with Gasteiger partial charge in [-0.1, -0.05) is 12.1 Å². The lowest BCUT2D eigenvalue weighted by molar-refractivity contribution is 0.170. The molecule has 3 nitrogen and oxygen atoms in total. The molecule has 0 radical (unpaired) electrons. The molecule has 1 unspecified atom stereocenters. The van der Waals surface area contributed by atoms with Gasteiger partial charge in [0.2, 0.25) is 0 Å². The van der Waals surface area contributed by atoms with Crippen LogP contribution in [0.5, 0.6) is 0 Å². The molecule has 1 aromatic carbocycles. The molecule has 1 atom stereocenters. The van der Waals surface area contributed by atoms with Gasteiger partial charge in [0.15, 0.2) is 0 Å². The molecule has 0 saturated heterocycles. The third-order valence-corrected chi connectivity index (χ3v) is 2.19. The van der Waals surface area contributed by atoms with E-state index in [9.17, 15) is 9.50 Å². The van der Waals surface area contributed by atoms with Gasteiger partial charge in [-0.3, -0.25) is 0 Å². The van der Waals surface area contributed by atoms with Crippen molar-refractivity contribution in [3.05, 3.63) is 35.1 Å². The van der Waals surface area contributed by atoms with Gasteiger partial charge < -0.3 is 15.5 Å². The van der Waals surface area contributed by atoms with E-state index in [0.717, 1.165) is 0 Å². The summed E-state index contributed by atoms with van der Waals surface area (Å²) in [5.74, 6) is -0.269. The topological polar surface area (TPSA) is 52.5 Å². The number of aliphatic hydroxyl groups excluding tert-OH is 2. The summed E-state index contributed by atoms with van der Waals surface area (Å²) >= 11 is 0. The molecule has 0 amide bonds. The number of halogens is 1. The van der Waals surface area contributed by atoms with E-state index in [2.05, 4.69) is 5.32 Å². The Hall–Kier alpha value is -0.970. The average Bonchev–Trinajstić information content (AvgIpc) is 2.22. The van der Waals surface area contributed by atoms with Gasteiger partial charge in [0.1, 0.15) is 5.82 Å². The lowest BCUT2D eigenvalue weighted by Crippen LogP contribution is -2.24. The Morgan fingerprint density at radius 1 is 1.47 bits per heavy atom. The summed E-state index contributed by atoms with van der Waals surface area (Å²) in [6, 6.07) is 4.54. The maximum atomic E-state index is 12.9. The molecule has 0 spiro atoms. The van der Waals surface area contributed by atoms with Crippen molar-refractivity contribution in [1.82, 2.24) is 5.32 Å². The second-order valence-electron chi connectivity index (χ2n) is 3.45. The molecule has 4 heteroatoms. The maximum Gasteiger partial charge on any atom is 0.126 e. The molecule has 1 aromatic rings. The van der Waals surface area contributed by atoms with Crippen molar-refractivity contribution in [2.75, 3.05) is 19.7 Å². The van der Waals surface area contributed by atoms with Crippen LogP contribution in [0.15, 0.2) is 18.2 Å². The predicted octanol–water partition coefficient (Wildman–Crippen LogP) is 0.749.